The van der Waals surface area contributed by atoms with Crippen LogP contribution >= 0.6 is 11.3 Å². The maximum atomic E-state index is 12.6. The third-order valence-corrected chi connectivity index (χ3v) is 6.22. The van der Waals surface area contributed by atoms with Crippen LogP contribution in [0.2, 0.25) is 0 Å². The Kier molecular flexibility index (Phi) is 6.91. The van der Waals surface area contributed by atoms with Crippen molar-refractivity contribution >= 4 is 35.1 Å². The molecule has 1 N–H and O–H groups in total. The number of nitriles is 1. The Morgan fingerprint density at radius 1 is 1.33 bits per heavy atom. The van der Waals surface area contributed by atoms with Gasteiger partial charge in [0.25, 0.3) is 11.5 Å². The van der Waals surface area contributed by atoms with Crippen molar-refractivity contribution in [2.45, 2.75) is 27.2 Å². The smallest absolute Gasteiger partial charge is 0.268 e. The highest BCUT2D eigenvalue weighted by molar-refractivity contribution is 7.12. The molecule has 1 aliphatic rings. The molecule has 2 aromatic heterocycles. The largest absolute Gasteiger partial charge is 0.366 e. The molecule has 6 nitrogen and oxygen atoms in total. The number of aromatic nitrogens is 1. The van der Waals surface area contributed by atoms with Gasteiger partial charge in [-0.3, -0.25) is 9.59 Å². The number of thiophene rings is 1. The van der Waals surface area contributed by atoms with Crippen LogP contribution < -0.4 is 21.0 Å². The van der Waals surface area contributed by atoms with Crippen molar-refractivity contribution in [2.75, 3.05) is 31.1 Å². The Balaban J connectivity index is 1.98. The van der Waals surface area contributed by atoms with Crippen molar-refractivity contribution in [2.24, 2.45) is 0 Å². The maximum absolute atomic E-state index is 12.6. The van der Waals surface area contributed by atoms with Crippen molar-refractivity contribution in [1.29, 1.82) is 5.26 Å². The lowest BCUT2D eigenvalue weighted by molar-refractivity contribution is 0.0751. The van der Waals surface area contributed by atoms with Gasteiger partial charge in [0.15, 0.2) is 0 Å². The Bertz CT molecular complexity index is 1160. The summed E-state index contributed by atoms with van der Waals surface area (Å²) < 4.78 is 0. The molecule has 0 radical (unpaired) electrons. The first kappa shape index (κ1) is 21.6. The summed E-state index contributed by atoms with van der Waals surface area (Å²) in [6.45, 7) is 8.26. The van der Waals surface area contributed by atoms with Gasteiger partial charge < -0.3 is 14.8 Å². The number of hydrogen-bond acceptors (Lipinski definition) is 5. The predicted molar refractivity (Wildman–Crippen MR) is 122 cm³/mol. The Morgan fingerprint density at radius 3 is 2.63 bits per heavy atom. The van der Waals surface area contributed by atoms with Crippen molar-refractivity contribution in [3.63, 3.8) is 0 Å². The topological polar surface area (TPSA) is 80.2 Å². The van der Waals surface area contributed by atoms with Crippen molar-refractivity contribution in [1.82, 2.24) is 9.88 Å². The number of nitrogens with zero attached hydrogens (tertiary/aromatic N) is 3. The summed E-state index contributed by atoms with van der Waals surface area (Å²) in [5.74, 6) is 0.0348. The van der Waals surface area contributed by atoms with Crippen LogP contribution in [0.1, 0.15) is 42.4 Å². The predicted octanol–water partition coefficient (Wildman–Crippen LogP) is 2.21. The molecule has 156 valence electrons. The highest BCUT2D eigenvalue weighted by atomic mass is 32.1. The number of anilines is 1. The molecular formula is C23H26N4O2S. The van der Waals surface area contributed by atoms with Gasteiger partial charge in [-0.1, -0.05) is 30.7 Å². The molecule has 30 heavy (non-hydrogen) atoms. The number of amides is 1. The summed E-state index contributed by atoms with van der Waals surface area (Å²) >= 11 is 1.44. The molecule has 1 aliphatic heterocycles. The monoisotopic (exact) mass is 422 g/mol. The molecule has 1 saturated heterocycles. The molecule has 0 saturated carbocycles. The summed E-state index contributed by atoms with van der Waals surface area (Å²) in [7, 11) is 0. The number of carbonyl (C=O) groups excluding carboxylic acids is 1. The lowest BCUT2D eigenvalue weighted by atomic mass is 10.1. The zero-order chi connectivity index (χ0) is 21.7. The van der Waals surface area contributed by atoms with Crippen LogP contribution in [0.25, 0.3) is 12.2 Å². The Morgan fingerprint density at radius 2 is 2.07 bits per heavy atom. The minimum atomic E-state index is -0.385. The van der Waals surface area contributed by atoms with Gasteiger partial charge in [-0.15, -0.1) is 11.3 Å². The third-order valence-electron chi connectivity index (χ3n) is 5.37. The minimum Gasteiger partial charge on any atom is -0.366 e. The van der Waals surface area contributed by atoms with Crippen LogP contribution in [0.4, 0.5) is 5.69 Å². The van der Waals surface area contributed by atoms with E-state index >= 15 is 0 Å². The summed E-state index contributed by atoms with van der Waals surface area (Å²) in [6, 6.07) is 5.79. The van der Waals surface area contributed by atoms with E-state index in [1.54, 1.807) is 0 Å². The fourth-order valence-corrected chi connectivity index (χ4v) is 4.20. The first-order valence-electron chi connectivity index (χ1n) is 10.1. The molecule has 0 spiro atoms. The fraction of sp³-hybridized carbons (Fsp3) is 0.348. The molecular weight excluding hydrogens is 396 g/mol. The van der Waals surface area contributed by atoms with Gasteiger partial charge in [-0.05, 0) is 37.8 Å². The number of rotatable bonds is 4. The van der Waals surface area contributed by atoms with E-state index in [1.807, 2.05) is 54.5 Å². The van der Waals surface area contributed by atoms with Gasteiger partial charge in [0.2, 0.25) is 0 Å². The standard InChI is InChI=1S/C23H26N4O2S/c1-4-16(3)8-9-19-17(5-2)21(18(15-24)22(28)25-19)26-10-12-27(13-11-26)23(29)20-7-6-14-30-20/h5-9,14H,4,10-13H2,1-3H3,(H,25,28)/b16-8?,17-5+,19-9+. The molecule has 3 heterocycles. The van der Waals surface area contributed by atoms with E-state index < -0.39 is 0 Å². The lowest BCUT2D eigenvalue weighted by Crippen LogP contribution is -2.52. The highest BCUT2D eigenvalue weighted by Gasteiger charge is 2.25. The number of hydrogen-bond donors (Lipinski definition) is 1. The Hall–Kier alpha value is -3.11. The molecule has 2 aromatic rings. The highest BCUT2D eigenvalue weighted by Crippen LogP contribution is 2.17. The molecule has 3 rings (SSSR count). The number of piperazine rings is 1. The van der Waals surface area contributed by atoms with Crippen LogP contribution in [0.15, 0.2) is 34.0 Å². The molecule has 1 amide bonds. The van der Waals surface area contributed by atoms with Crippen LogP contribution in [0.5, 0.6) is 0 Å². The van der Waals surface area contributed by atoms with E-state index in [0.717, 1.165) is 16.5 Å². The van der Waals surface area contributed by atoms with Crippen LogP contribution in [-0.2, 0) is 0 Å². The van der Waals surface area contributed by atoms with Crippen LogP contribution in [0.3, 0.4) is 0 Å². The molecule has 1 fully saturated rings. The van der Waals surface area contributed by atoms with E-state index in [4.69, 9.17) is 0 Å². The Labute approximate surface area is 180 Å². The summed E-state index contributed by atoms with van der Waals surface area (Å²) in [4.78, 5) is 32.7. The van der Waals surface area contributed by atoms with Crippen LogP contribution in [-0.4, -0.2) is 42.0 Å². The van der Waals surface area contributed by atoms with Crippen molar-refractivity contribution < 1.29 is 4.79 Å². The molecule has 7 heteroatoms. The van der Waals surface area contributed by atoms with E-state index in [1.165, 1.54) is 16.9 Å². The van der Waals surface area contributed by atoms with Crippen LogP contribution in [0, 0.1) is 11.3 Å². The number of pyridine rings is 1. The average Bonchev–Trinajstić information content (AvgIpc) is 3.31. The van der Waals surface area contributed by atoms with Gasteiger partial charge in [0.1, 0.15) is 11.6 Å². The third kappa shape index (κ3) is 4.39. The summed E-state index contributed by atoms with van der Waals surface area (Å²) in [5.41, 5.74) is 1.59. The second kappa shape index (κ2) is 9.59. The van der Waals surface area contributed by atoms with Gasteiger partial charge in [-0.2, -0.15) is 5.26 Å². The fourth-order valence-electron chi connectivity index (χ4n) is 3.51. The quantitative estimate of drug-likeness (QED) is 0.819. The SMILES string of the molecule is C/C=c1/c(N2CCN(C(=O)c3cccs3)CC2)c(C#N)c(=O)[nH]/c1=C/C=C(C)CC. The summed E-state index contributed by atoms with van der Waals surface area (Å²) in [6.07, 6.45) is 6.74. The van der Waals surface area contributed by atoms with Gasteiger partial charge in [-0.25, -0.2) is 0 Å². The second-order valence-electron chi connectivity index (χ2n) is 7.20. The summed E-state index contributed by atoms with van der Waals surface area (Å²) in [5, 5.41) is 13.1. The number of allylic oxidation sites excluding steroid dienone is 2. The van der Waals surface area contributed by atoms with Crippen molar-refractivity contribution in [3.8, 4) is 6.07 Å². The van der Waals surface area contributed by atoms with E-state index in [-0.39, 0.29) is 17.0 Å². The van der Waals surface area contributed by atoms with Gasteiger partial charge in [0.05, 0.1) is 15.9 Å². The number of carbonyl (C=O) groups is 1. The molecule has 0 aromatic carbocycles. The second-order valence-corrected chi connectivity index (χ2v) is 8.14. The van der Waals surface area contributed by atoms with E-state index in [2.05, 4.69) is 22.9 Å². The first-order valence-corrected chi connectivity index (χ1v) is 11.0. The zero-order valence-electron chi connectivity index (χ0n) is 17.6. The lowest BCUT2D eigenvalue weighted by Gasteiger charge is -2.36. The molecule has 0 bridgehead atoms. The molecule has 0 aliphatic carbocycles. The normalized spacial score (nSPS) is 16.1. The first-order chi connectivity index (χ1) is 14.5. The van der Waals surface area contributed by atoms with Gasteiger partial charge in [0, 0.05) is 31.4 Å². The number of H-pyrrole nitrogens is 1. The number of aromatic amines is 1. The minimum absolute atomic E-state index is 0.0348. The maximum Gasteiger partial charge on any atom is 0.268 e. The molecule has 0 atom stereocenters. The zero-order valence-corrected chi connectivity index (χ0v) is 18.4. The van der Waals surface area contributed by atoms with Crippen molar-refractivity contribution in [3.05, 3.63) is 60.5 Å². The van der Waals surface area contributed by atoms with E-state index in [9.17, 15) is 14.9 Å². The average molecular weight is 423 g/mol. The molecule has 0 unspecified atom stereocenters. The van der Waals surface area contributed by atoms with E-state index in [0.29, 0.717) is 37.2 Å². The van der Waals surface area contributed by atoms with Gasteiger partial charge >= 0.3 is 0 Å². The number of nitrogens with one attached hydrogen (secondary N) is 1.